The summed E-state index contributed by atoms with van der Waals surface area (Å²) in [6.07, 6.45) is 3.53. The van der Waals surface area contributed by atoms with Crippen LogP contribution in [0.2, 0.25) is 0 Å². The molecule has 1 aromatic heterocycles. The highest BCUT2D eigenvalue weighted by atomic mass is 16.3. The summed E-state index contributed by atoms with van der Waals surface area (Å²) in [7, 11) is 0. The lowest BCUT2D eigenvalue weighted by molar-refractivity contribution is 0.112. The van der Waals surface area contributed by atoms with Gasteiger partial charge in [0.25, 0.3) is 0 Å². The maximum atomic E-state index is 10.3. The number of rotatable bonds is 4. The molecule has 0 atom stereocenters. The van der Waals surface area contributed by atoms with Gasteiger partial charge < -0.3 is 10.4 Å². The van der Waals surface area contributed by atoms with Gasteiger partial charge in [-0.05, 0) is 13.8 Å². The Morgan fingerprint density at radius 2 is 2.07 bits per heavy atom. The van der Waals surface area contributed by atoms with Crippen LogP contribution in [-0.2, 0) is 0 Å². The van der Waals surface area contributed by atoms with Crippen molar-refractivity contribution in [1.29, 1.82) is 0 Å². The maximum Gasteiger partial charge on any atom is 0.223 e. The van der Waals surface area contributed by atoms with Crippen molar-refractivity contribution in [3.05, 3.63) is 18.0 Å². The SMILES string of the molecule is CC(C)(CO)Nc1ncc(C=O)cn1. The van der Waals surface area contributed by atoms with E-state index in [1.165, 1.54) is 12.4 Å². The first kappa shape index (κ1) is 10.6. The summed E-state index contributed by atoms with van der Waals surface area (Å²) in [6, 6.07) is 0. The van der Waals surface area contributed by atoms with Gasteiger partial charge in [-0.15, -0.1) is 0 Å². The van der Waals surface area contributed by atoms with Crippen molar-refractivity contribution < 1.29 is 9.90 Å². The molecule has 0 bridgehead atoms. The monoisotopic (exact) mass is 195 g/mol. The van der Waals surface area contributed by atoms with Crippen LogP contribution in [-0.4, -0.2) is 33.5 Å². The Morgan fingerprint density at radius 3 is 2.50 bits per heavy atom. The Hall–Kier alpha value is -1.49. The first-order valence-electron chi connectivity index (χ1n) is 4.24. The van der Waals surface area contributed by atoms with Gasteiger partial charge in [-0.2, -0.15) is 0 Å². The first-order chi connectivity index (χ1) is 6.57. The molecule has 5 heteroatoms. The Kier molecular flexibility index (Phi) is 3.14. The number of anilines is 1. The lowest BCUT2D eigenvalue weighted by Crippen LogP contribution is -2.35. The molecule has 0 aliphatic heterocycles. The van der Waals surface area contributed by atoms with Crippen molar-refractivity contribution >= 4 is 12.2 Å². The third-order valence-electron chi connectivity index (χ3n) is 1.65. The fraction of sp³-hybridized carbons (Fsp3) is 0.444. The van der Waals surface area contributed by atoms with Gasteiger partial charge in [-0.3, -0.25) is 4.79 Å². The van der Waals surface area contributed by atoms with Crippen LogP contribution >= 0.6 is 0 Å². The van der Waals surface area contributed by atoms with Crippen molar-refractivity contribution in [2.75, 3.05) is 11.9 Å². The molecule has 0 aromatic carbocycles. The number of hydrogen-bond acceptors (Lipinski definition) is 5. The molecule has 0 fully saturated rings. The van der Waals surface area contributed by atoms with Crippen molar-refractivity contribution in [2.45, 2.75) is 19.4 Å². The Bertz CT molecular complexity index is 308. The van der Waals surface area contributed by atoms with E-state index in [-0.39, 0.29) is 6.61 Å². The fourth-order valence-electron chi connectivity index (χ4n) is 0.806. The molecule has 0 aliphatic rings. The smallest absolute Gasteiger partial charge is 0.223 e. The number of aromatic nitrogens is 2. The molecule has 5 nitrogen and oxygen atoms in total. The number of aldehydes is 1. The topological polar surface area (TPSA) is 75.1 Å². The van der Waals surface area contributed by atoms with Crippen LogP contribution in [0.25, 0.3) is 0 Å². The highest BCUT2D eigenvalue weighted by Crippen LogP contribution is 2.08. The number of nitrogens with zero attached hydrogens (tertiary/aromatic N) is 2. The average Bonchev–Trinajstić information content (AvgIpc) is 2.19. The normalized spacial score (nSPS) is 11.1. The molecule has 0 saturated carbocycles. The highest BCUT2D eigenvalue weighted by Gasteiger charge is 2.16. The molecule has 0 aliphatic carbocycles. The molecule has 1 rings (SSSR count). The van der Waals surface area contributed by atoms with Crippen molar-refractivity contribution in [2.24, 2.45) is 0 Å². The molecule has 1 aromatic rings. The Labute approximate surface area is 82.2 Å². The Morgan fingerprint density at radius 1 is 1.50 bits per heavy atom. The van der Waals surface area contributed by atoms with Gasteiger partial charge in [0, 0.05) is 12.4 Å². The van der Waals surface area contributed by atoms with Crippen LogP contribution < -0.4 is 5.32 Å². The molecule has 14 heavy (non-hydrogen) atoms. The van der Waals surface area contributed by atoms with E-state index in [9.17, 15) is 4.79 Å². The molecule has 76 valence electrons. The van der Waals surface area contributed by atoms with E-state index in [2.05, 4.69) is 15.3 Å². The van der Waals surface area contributed by atoms with Crippen LogP contribution in [0.4, 0.5) is 5.95 Å². The van der Waals surface area contributed by atoms with Crippen LogP contribution in [0.5, 0.6) is 0 Å². The van der Waals surface area contributed by atoms with E-state index in [0.717, 1.165) is 0 Å². The fourth-order valence-corrected chi connectivity index (χ4v) is 0.806. The van der Waals surface area contributed by atoms with Crippen LogP contribution in [0, 0.1) is 0 Å². The van der Waals surface area contributed by atoms with Crippen LogP contribution in [0.1, 0.15) is 24.2 Å². The van der Waals surface area contributed by atoms with Gasteiger partial charge in [0.1, 0.15) is 0 Å². The standard InChI is InChI=1S/C9H13N3O2/c1-9(2,6-14)12-8-10-3-7(5-13)4-11-8/h3-5,14H,6H2,1-2H3,(H,10,11,12). The minimum absolute atomic E-state index is 0.0220. The van der Waals surface area contributed by atoms with Gasteiger partial charge >= 0.3 is 0 Å². The molecule has 1 heterocycles. The van der Waals surface area contributed by atoms with E-state index in [0.29, 0.717) is 17.8 Å². The summed E-state index contributed by atoms with van der Waals surface area (Å²) in [5.41, 5.74) is -0.0414. The number of hydrogen-bond donors (Lipinski definition) is 2. The van der Waals surface area contributed by atoms with E-state index >= 15 is 0 Å². The molecule has 0 spiro atoms. The molecule has 0 radical (unpaired) electrons. The summed E-state index contributed by atoms with van der Waals surface area (Å²) in [4.78, 5) is 18.2. The van der Waals surface area contributed by atoms with Gasteiger partial charge in [-0.25, -0.2) is 9.97 Å². The zero-order valence-electron chi connectivity index (χ0n) is 8.19. The predicted octanol–water partition coefficient (Wildman–Crippen LogP) is 0.472. The van der Waals surface area contributed by atoms with E-state index in [4.69, 9.17) is 5.11 Å². The second kappa shape index (κ2) is 4.15. The molecule has 0 amide bonds. The highest BCUT2D eigenvalue weighted by molar-refractivity contribution is 5.73. The van der Waals surface area contributed by atoms with Crippen molar-refractivity contribution in [3.63, 3.8) is 0 Å². The summed E-state index contributed by atoms with van der Waals surface area (Å²) >= 11 is 0. The number of carbonyl (C=O) groups is 1. The summed E-state index contributed by atoms with van der Waals surface area (Å²) in [6.45, 7) is 3.62. The van der Waals surface area contributed by atoms with Crippen molar-refractivity contribution in [1.82, 2.24) is 9.97 Å². The van der Waals surface area contributed by atoms with Gasteiger partial charge in [-0.1, -0.05) is 0 Å². The van der Waals surface area contributed by atoms with Gasteiger partial charge in [0.15, 0.2) is 6.29 Å². The third-order valence-corrected chi connectivity index (χ3v) is 1.65. The molecular weight excluding hydrogens is 182 g/mol. The third kappa shape index (κ3) is 2.77. The summed E-state index contributed by atoms with van der Waals surface area (Å²) in [5, 5.41) is 11.9. The minimum atomic E-state index is -0.470. The maximum absolute atomic E-state index is 10.3. The Balaban J connectivity index is 2.73. The van der Waals surface area contributed by atoms with Crippen LogP contribution in [0.15, 0.2) is 12.4 Å². The zero-order chi connectivity index (χ0) is 10.6. The molecule has 0 saturated heterocycles. The molecule has 0 unspecified atom stereocenters. The number of aliphatic hydroxyl groups excluding tert-OH is 1. The second-order valence-electron chi connectivity index (χ2n) is 3.62. The summed E-state index contributed by atoms with van der Waals surface area (Å²) in [5.74, 6) is 0.398. The molecule has 2 N–H and O–H groups in total. The predicted molar refractivity (Wildman–Crippen MR) is 52.2 cm³/mol. The largest absolute Gasteiger partial charge is 0.394 e. The van der Waals surface area contributed by atoms with Gasteiger partial charge in [0.05, 0.1) is 17.7 Å². The lowest BCUT2D eigenvalue weighted by atomic mass is 10.1. The minimum Gasteiger partial charge on any atom is -0.394 e. The second-order valence-corrected chi connectivity index (χ2v) is 3.62. The number of aliphatic hydroxyl groups is 1. The van der Waals surface area contributed by atoms with Crippen LogP contribution in [0.3, 0.4) is 0 Å². The van der Waals surface area contributed by atoms with E-state index < -0.39 is 5.54 Å². The number of nitrogens with one attached hydrogen (secondary N) is 1. The van der Waals surface area contributed by atoms with Crippen molar-refractivity contribution in [3.8, 4) is 0 Å². The summed E-state index contributed by atoms with van der Waals surface area (Å²) < 4.78 is 0. The van der Waals surface area contributed by atoms with E-state index in [1.54, 1.807) is 0 Å². The first-order valence-corrected chi connectivity index (χ1v) is 4.24. The molecular formula is C9H13N3O2. The van der Waals surface area contributed by atoms with Gasteiger partial charge in [0.2, 0.25) is 5.95 Å². The average molecular weight is 195 g/mol. The lowest BCUT2D eigenvalue weighted by Gasteiger charge is -2.23. The zero-order valence-corrected chi connectivity index (χ0v) is 8.19. The van der Waals surface area contributed by atoms with E-state index in [1.807, 2.05) is 13.8 Å². The quantitative estimate of drug-likeness (QED) is 0.683. The number of carbonyl (C=O) groups excluding carboxylic acids is 1.